The third-order valence-electron chi connectivity index (χ3n) is 3.81. The van der Waals surface area contributed by atoms with Crippen molar-refractivity contribution in [3.8, 4) is 0 Å². The van der Waals surface area contributed by atoms with Crippen LogP contribution in [0.4, 0.5) is 0 Å². The Morgan fingerprint density at radius 3 is 2.05 bits per heavy atom. The van der Waals surface area contributed by atoms with Gasteiger partial charge in [0.2, 0.25) is 5.91 Å². The molecule has 2 heterocycles. The molecule has 1 atom stereocenters. The fourth-order valence-electron chi connectivity index (χ4n) is 2.83. The monoisotopic (exact) mass is 258 g/mol. The Balaban J connectivity index is 2.03. The smallest absolute Gasteiger partial charge is 0.261 e. The first kappa shape index (κ1) is 11.9. The first-order valence-corrected chi connectivity index (χ1v) is 6.20. The molecule has 3 rings (SSSR count). The Morgan fingerprint density at radius 1 is 1.11 bits per heavy atom. The number of nitrogens with one attached hydrogen (secondary N) is 1. The number of hydrogen-bond donors (Lipinski definition) is 1. The van der Waals surface area contributed by atoms with Gasteiger partial charge in [-0.2, -0.15) is 0 Å². The number of carbonyl (C=O) groups excluding carboxylic acids is 3. The number of carbonyl (C=O) groups is 3. The topological polar surface area (TPSA) is 66.5 Å². The summed E-state index contributed by atoms with van der Waals surface area (Å²) in [6.45, 7) is 3.65. The molecule has 5 nitrogen and oxygen atoms in total. The third kappa shape index (κ3) is 1.58. The molecular weight excluding hydrogens is 244 g/mol. The molecule has 0 radical (unpaired) electrons. The molecule has 0 saturated carbocycles. The molecule has 1 aromatic rings. The highest BCUT2D eigenvalue weighted by Crippen LogP contribution is 2.32. The molecule has 0 spiro atoms. The molecule has 0 unspecified atom stereocenters. The zero-order valence-electron chi connectivity index (χ0n) is 10.8. The molecule has 0 bridgehead atoms. The van der Waals surface area contributed by atoms with Crippen LogP contribution in [0.1, 0.15) is 41.0 Å². The van der Waals surface area contributed by atoms with Crippen molar-refractivity contribution < 1.29 is 14.4 Å². The zero-order valence-corrected chi connectivity index (χ0v) is 10.8. The molecule has 2 aliphatic rings. The number of nitrogens with zero attached hydrogens (tertiary/aromatic N) is 1. The van der Waals surface area contributed by atoms with Gasteiger partial charge in [0.05, 0.1) is 22.7 Å². The molecule has 1 saturated heterocycles. The van der Waals surface area contributed by atoms with Crippen molar-refractivity contribution in [3.05, 3.63) is 35.4 Å². The molecule has 5 heteroatoms. The first-order valence-electron chi connectivity index (χ1n) is 6.20. The van der Waals surface area contributed by atoms with Gasteiger partial charge in [0, 0.05) is 6.42 Å². The summed E-state index contributed by atoms with van der Waals surface area (Å²) in [5.41, 5.74) is 0.245. The van der Waals surface area contributed by atoms with Gasteiger partial charge in [-0.1, -0.05) is 12.1 Å². The SMILES string of the molecule is CC1(C)NC(=O)C[C@H]1N1C(=O)c2ccccc2C1=O. The molecule has 98 valence electrons. The fourth-order valence-corrected chi connectivity index (χ4v) is 2.83. The molecule has 0 aliphatic carbocycles. The van der Waals surface area contributed by atoms with Crippen LogP contribution >= 0.6 is 0 Å². The van der Waals surface area contributed by atoms with E-state index in [1.54, 1.807) is 24.3 Å². The predicted molar refractivity (Wildman–Crippen MR) is 67.6 cm³/mol. The summed E-state index contributed by atoms with van der Waals surface area (Å²) in [6.07, 6.45) is 0.165. The van der Waals surface area contributed by atoms with Crippen LogP contribution in [0.3, 0.4) is 0 Å². The second kappa shape index (κ2) is 3.66. The minimum absolute atomic E-state index is 0.133. The maximum absolute atomic E-state index is 12.4. The highest BCUT2D eigenvalue weighted by molar-refractivity contribution is 6.21. The quantitative estimate of drug-likeness (QED) is 0.763. The third-order valence-corrected chi connectivity index (χ3v) is 3.81. The van der Waals surface area contributed by atoms with E-state index < -0.39 is 11.6 Å². The van der Waals surface area contributed by atoms with Crippen LogP contribution in [-0.2, 0) is 4.79 Å². The molecule has 19 heavy (non-hydrogen) atoms. The number of imide groups is 1. The Bertz CT molecular complexity index is 571. The lowest BCUT2D eigenvalue weighted by molar-refractivity contribution is -0.119. The summed E-state index contributed by atoms with van der Waals surface area (Å²) >= 11 is 0. The minimum Gasteiger partial charge on any atom is -0.349 e. The average Bonchev–Trinajstić information content (AvgIpc) is 2.75. The van der Waals surface area contributed by atoms with Crippen molar-refractivity contribution in [2.75, 3.05) is 0 Å². The van der Waals surface area contributed by atoms with E-state index in [1.165, 1.54) is 4.90 Å². The van der Waals surface area contributed by atoms with E-state index in [4.69, 9.17) is 0 Å². The Labute approximate surface area is 110 Å². The normalized spacial score (nSPS) is 24.6. The number of hydrogen-bond acceptors (Lipinski definition) is 3. The summed E-state index contributed by atoms with van der Waals surface area (Å²) in [5, 5.41) is 2.80. The molecule has 2 aliphatic heterocycles. The Kier molecular flexibility index (Phi) is 2.29. The van der Waals surface area contributed by atoms with Crippen LogP contribution in [-0.4, -0.2) is 34.2 Å². The van der Waals surface area contributed by atoms with E-state index in [-0.39, 0.29) is 24.1 Å². The van der Waals surface area contributed by atoms with Crippen molar-refractivity contribution in [2.24, 2.45) is 0 Å². The zero-order chi connectivity index (χ0) is 13.8. The molecule has 1 N–H and O–H groups in total. The molecule has 0 aromatic heterocycles. The fraction of sp³-hybridized carbons (Fsp3) is 0.357. The molecule has 1 aromatic carbocycles. The van der Waals surface area contributed by atoms with Crippen LogP contribution in [0.25, 0.3) is 0 Å². The summed E-state index contributed by atoms with van der Waals surface area (Å²) in [5.74, 6) is -0.753. The first-order chi connectivity index (χ1) is 8.92. The molecule has 3 amide bonds. The van der Waals surface area contributed by atoms with E-state index in [9.17, 15) is 14.4 Å². The molecule has 1 fully saturated rings. The highest BCUT2D eigenvalue weighted by Gasteiger charge is 2.50. The lowest BCUT2D eigenvalue weighted by Gasteiger charge is -2.32. The highest BCUT2D eigenvalue weighted by atomic mass is 16.2. The van der Waals surface area contributed by atoms with Crippen LogP contribution in [0.2, 0.25) is 0 Å². The number of benzene rings is 1. The second-order valence-corrected chi connectivity index (χ2v) is 5.52. The van der Waals surface area contributed by atoms with Crippen LogP contribution in [0.15, 0.2) is 24.3 Å². The summed E-state index contributed by atoms with van der Waals surface area (Å²) < 4.78 is 0. The van der Waals surface area contributed by atoms with Crippen molar-refractivity contribution in [2.45, 2.75) is 31.8 Å². The van der Waals surface area contributed by atoms with Gasteiger partial charge >= 0.3 is 0 Å². The summed E-state index contributed by atoms with van der Waals surface area (Å²) in [4.78, 5) is 37.5. The number of rotatable bonds is 1. The summed E-state index contributed by atoms with van der Waals surface area (Å²) in [7, 11) is 0. The standard InChI is InChI=1S/C14H14N2O3/c1-14(2)10(7-11(17)15-14)16-12(18)8-5-3-4-6-9(8)13(16)19/h3-6,10H,7H2,1-2H3,(H,15,17)/t10-/m1/s1. The van der Waals surface area contributed by atoms with Gasteiger partial charge in [-0.3, -0.25) is 19.3 Å². The van der Waals surface area contributed by atoms with E-state index in [2.05, 4.69) is 5.32 Å². The minimum atomic E-state index is -0.593. The van der Waals surface area contributed by atoms with E-state index in [0.717, 1.165) is 0 Å². The predicted octanol–water partition coefficient (Wildman–Crippen LogP) is 0.950. The van der Waals surface area contributed by atoms with Crippen LogP contribution in [0, 0.1) is 0 Å². The summed E-state index contributed by atoms with van der Waals surface area (Å²) in [6, 6.07) is 6.32. The van der Waals surface area contributed by atoms with Gasteiger partial charge < -0.3 is 5.32 Å². The van der Waals surface area contributed by atoms with Gasteiger partial charge in [-0.05, 0) is 26.0 Å². The van der Waals surface area contributed by atoms with Crippen molar-refractivity contribution >= 4 is 17.7 Å². The van der Waals surface area contributed by atoms with Crippen LogP contribution < -0.4 is 5.32 Å². The van der Waals surface area contributed by atoms with Gasteiger partial charge in [0.25, 0.3) is 11.8 Å². The van der Waals surface area contributed by atoms with E-state index in [0.29, 0.717) is 11.1 Å². The van der Waals surface area contributed by atoms with Crippen molar-refractivity contribution in [1.29, 1.82) is 0 Å². The largest absolute Gasteiger partial charge is 0.349 e. The lowest BCUT2D eigenvalue weighted by Crippen LogP contribution is -2.53. The van der Waals surface area contributed by atoms with Crippen molar-refractivity contribution in [1.82, 2.24) is 10.2 Å². The van der Waals surface area contributed by atoms with E-state index >= 15 is 0 Å². The second-order valence-electron chi connectivity index (χ2n) is 5.52. The van der Waals surface area contributed by atoms with Gasteiger partial charge in [0.1, 0.15) is 0 Å². The van der Waals surface area contributed by atoms with Gasteiger partial charge in [0.15, 0.2) is 0 Å². The maximum Gasteiger partial charge on any atom is 0.261 e. The maximum atomic E-state index is 12.4. The number of amides is 3. The average molecular weight is 258 g/mol. The van der Waals surface area contributed by atoms with Crippen LogP contribution in [0.5, 0.6) is 0 Å². The Hall–Kier alpha value is -2.17. The van der Waals surface area contributed by atoms with Gasteiger partial charge in [-0.15, -0.1) is 0 Å². The Morgan fingerprint density at radius 2 is 1.63 bits per heavy atom. The van der Waals surface area contributed by atoms with Crippen molar-refractivity contribution in [3.63, 3.8) is 0 Å². The number of fused-ring (bicyclic) bond motifs is 1. The van der Waals surface area contributed by atoms with Gasteiger partial charge in [-0.25, -0.2) is 0 Å². The molecular formula is C14H14N2O3. The van der Waals surface area contributed by atoms with E-state index in [1.807, 2.05) is 13.8 Å². The lowest BCUT2D eigenvalue weighted by atomic mass is 9.95.